The Bertz CT molecular complexity index is 1040. The summed E-state index contributed by atoms with van der Waals surface area (Å²) in [6.07, 6.45) is 0. The molecule has 1 fully saturated rings. The Balaban J connectivity index is 1.30. The smallest absolute Gasteiger partial charge is 0.339 e. The van der Waals surface area contributed by atoms with Crippen molar-refractivity contribution in [1.29, 1.82) is 0 Å². The van der Waals surface area contributed by atoms with Gasteiger partial charge in [0.1, 0.15) is 0 Å². The molecule has 0 radical (unpaired) electrons. The third-order valence-corrected chi connectivity index (χ3v) is 5.31. The van der Waals surface area contributed by atoms with Gasteiger partial charge in [-0.3, -0.25) is 9.69 Å². The molecule has 0 spiro atoms. The minimum absolute atomic E-state index is 0.350. The summed E-state index contributed by atoms with van der Waals surface area (Å²) < 4.78 is 10.7. The zero-order valence-corrected chi connectivity index (χ0v) is 17.8. The Morgan fingerprint density at radius 3 is 2.31 bits per heavy atom. The molecule has 1 saturated heterocycles. The predicted octanol–water partition coefficient (Wildman–Crippen LogP) is 3.98. The highest BCUT2D eigenvalue weighted by atomic mass is 16.5. The van der Waals surface area contributed by atoms with Crippen LogP contribution in [0.2, 0.25) is 0 Å². The van der Waals surface area contributed by atoms with Crippen LogP contribution in [0.15, 0.2) is 78.9 Å². The van der Waals surface area contributed by atoms with E-state index in [0.717, 1.165) is 44.0 Å². The number of benzene rings is 3. The first-order valence-electron chi connectivity index (χ1n) is 10.7. The maximum Gasteiger partial charge on any atom is 0.339 e. The standard InChI is InChI=1S/C26H26N2O4/c29-25(27-22-12-10-20(11-13-22)18-28-14-16-31-17-15-28)19-32-26(30)24-9-5-4-8-23(24)21-6-2-1-3-7-21/h1-13H,14-19H2,(H,27,29). The fourth-order valence-corrected chi connectivity index (χ4v) is 3.65. The van der Waals surface area contributed by atoms with E-state index in [1.807, 2.05) is 66.7 Å². The van der Waals surface area contributed by atoms with E-state index in [1.165, 1.54) is 5.56 Å². The quantitative estimate of drug-likeness (QED) is 0.575. The molecule has 1 amide bonds. The molecular weight excluding hydrogens is 404 g/mol. The van der Waals surface area contributed by atoms with Gasteiger partial charge in [0.05, 0.1) is 18.8 Å². The number of carbonyl (C=O) groups excluding carboxylic acids is 2. The zero-order valence-electron chi connectivity index (χ0n) is 17.8. The van der Waals surface area contributed by atoms with Crippen LogP contribution in [-0.2, 0) is 20.8 Å². The minimum Gasteiger partial charge on any atom is -0.452 e. The average Bonchev–Trinajstić information content (AvgIpc) is 2.85. The van der Waals surface area contributed by atoms with E-state index in [9.17, 15) is 9.59 Å². The van der Waals surface area contributed by atoms with E-state index in [2.05, 4.69) is 10.2 Å². The van der Waals surface area contributed by atoms with Crippen LogP contribution in [0, 0.1) is 0 Å². The lowest BCUT2D eigenvalue weighted by Gasteiger charge is -2.26. The molecule has 0 aliphatic carbocycles. The van der Waals surface area contributed by atoms with Crippen molar-refractivity contribution in [2.75, 3.05) is 38.2 Å². The second kappa shape index (κ2) is 10.7. The Hall–Kier alpha value is -3.48. The Kier molecular flexibility index (Phi) is 7.27. The molecule has 0 unspecified atom stereocenters. The first kappa shape index (κ1) is 21.7. The molecule has 32 heavy (non-hydrogen) atoms. The summed E-state index contributed by atoms with van der Waals surface area (Å²) in [5.41, 5.74) is 3.96. The van der Waals surface area contributed by atoms with Crippen molar-refractivity contribution >= 4 is 17.6 Å². The monoisotopic (exact) mass is 430 g/mol. The van der Waals surface area contributed by atoms with E-state index in [0.29, 0.717) is 11.3 Å². The topological polar surface area (TPSA) is 67.9 Å². The van der Waals surface area contributed by atoms with Crippen LogP contribution in [0.3, 0.4) is 0 Å². The molecule has 1 aliphatic heterocycles. The lowest BCUT2D eigenvalue weighted by atomic mass is 10.00. The number of amides is 1. The van der Waals surface area contributed by atoms with Crippen LogP contribution in [0.1, 0.15) is 15.9 Å². The average molecular weight is 431 g/mol. The first-order chi connectivity index (χ1) is 15.7. The van der Waals surface area contributed by atoms with Crippen molar-refractivity contribution in [3.8, 4) is 11.1 Å². The molecule has 6 heteroatoms. The second-order valence-corrected chi connectivity index (χ2v) is 7.62. The summed E-state index contributed by atoms with van der Waals surface area (Å²) in [6, 6.07) is 24.5. The van der Waals surface area contributed by atoms with Crippen molar-refractivity contribution in [2.24, 2.45) is 0 Å². The molecule has 0 bridgehead atoms. The number of rotatable bonds is 7. The lowest BCUT2D eigenvalue weighted by molar-refractivity contribution is -0.119. The molecule has 1 heterocycles. The van der Waals surface area contributed by atoms with Crippen LogP contribution in [0.25, 0.3) is 11.1 Å². The van der Waals surface area contributed by atoms with E-state index in [-0.39, 0.29) is 12.5 Å². The Labute approximate surface area is 187 Å². The summed E-state index contributed by atoms with van der Waals surface area (Å²) in [4.78, 5) is 27.2. The minimum atomic E-state index is -0.527. The Morgan fingerprint density at radius 2 is 1.56 bits per heavy atom. The highest BCUT2D eigenvalue weighted by Crippen LogP contribution is 2.24. The molecular formula is C26H26N2O4. The van der Waals surface area contributed by atoms with Crippen LogP contribution >= 0.6 is 0 Å². The third kappa shape index (κ3) is 5.81. The second-order valence-electron chi connectivity index (χ2n) is 7.62. The predicted molar refractivity (Wildman–Crippen MR) is 123 cm³/mol. The Morgan fingerprint density at radius 1 is 0.875 bits per heavy atom. The molecule has 6 nitrogen and oxygen atoms in total. The highest BCUT2D eigenvalue weighted by Gasteiger charge is 2.15. The summed E-state index contributed by atoms with van der Waals surface area (Å²) in [5.74, 6) is -0.906. The lowest BCUT2D eigenvalue weighted by Crippen LogP contribution is -2.35. The number of morpholine rings is 1. The van der Waals surface area contributed by atoms with Gasteiger partial charge in [0, 0.05) is 25.3 Å². The van der Waals surface area contributed by atoms with Gasteiger partial charge in [-0.05, 0) is 34.9 Å². The van der Waals surface area contributed by atoms with Crippen molar-refractivity contribution in [3.63, 3.8) is 0 Å². The summed E-state index contributed by atoms with van der Waals surface area (Å²) in [5, 5.41) is 2.78. The van der Waals surface area contributed by atoms with Gasteiger partial charge < -0.3 is 14.8 Å². The number of nitrogens with zero attached hydrogens (tertiary/aromatic N) is 1. The maximum absolute atomic E-state index is 12.6. The zero-order chi connectivity index (χ0) is 22.2. The molecule has 3 aromatic rings. The number of carbonyl (C=O) groups is 2. The molecule has 1 aliphatic rings. The van der Waals surface area contributed by atoms with Gasteiger partial charge in [-0.1, -0.05) is 60.7 Å². The third-order valence-electron chi connectivity index (χ3n) is 5.31. The van der Waals surface area contributed by atoms with Crippen molar-refractivity contribution in [2.45, 2.75) is 6.54 Å². The van der Waals surface area contributed by atoms with E-state index >= 15 is 0 Å². The van der Waals surface area contributed by atoms with Gasteiger partial charge in [0.2, 0.25) is 0 Å². The number of anilines is 1. The van der Waals surface area contributed by atoms with Crippen molar-refractivity contribution in [3.05, 3.63) is 90.0 Å². The summed E-state index contributed by atoms with van der Waals surface area (Å²) in [7, 11) is 0. The SMILES string of the molecule is O=C(COC(=O)c1ccccc1-c1ccccc1)Nc1ccc(CN2CCOCC2)cc1. The summed E-state index contributed by atoms with van der Waals surface area (Å²) >= 11 is 0. The fraction of sp³-hybridized carbons (Fsp3) is 0.231. The number of nitrogens with one attached hydrogen (secondary N) is 1. The van der Waals surface area contributed by atoms with Crippen LogP contribution in [-0.4, -0.2) is 49.7 Å². The number of hydrogen-bond acceptors (Lipinski definition) is 5. The molecule has 0 saturated carbocycles. The number of hydrogen-bond donors (Lipinski definition) is 1. The molecule has 4 rings (SSSR count). The van der Waals surface area contributed by atoms with E-state index in [1.54, 1.807) is 12.1 Å². The maximum atomic E-state index is 12.6. The van der Waals surface area contributed by atoms with Crippen LogP contribution < -0.4 is 5.32 Å². The molecule has 3 aromatic carbocycles. The number of ether oxygens (including phenoxy) is 2. The van der Waals surface area contributed by atoms with Crippen LogP contribution in [0.5, 0.6) is 0 Å². The molecule has 164 valence electrons. The van der Waals surface area contributed by atoms with Gasteiger partial charge >= 0.3 is 5.97 Å². The molecule has 0 aromatic heterocycles. The normalized spacial score (nSPS) is 14.0. The molecule has 0 atom stereocenters. The van der Waals surface area contributed by atoms with Crippen molar-refractivity contribution in [1.82, 2.24) is 4.90 Å². The number of esters is 1. The van der Waals surface area contributed by atoms with Gasteiger partial charge in [0.15, 0.2) is 6.61 Å². The fourth-order valence-electron chi connectivity index (χ4n) is 3.65. The van der Waals surface area contributed by atoms with E-state index in [4.69, 9.17) is 9.47 Å². The van der Waals surface area contributed by atoms with Gasteiger partial charge in [-0.25, -0.2) is 4.79 Å². The van der Waals surface area contributed by atoms with Crippen molar-refractivity contribution < 1.29 is 19.1 Å². The summed E-state index contributed by atoms with van der Waals surface area (Å²) in [6.45, 7) is 3.90. The van der Waals surface area contributed by atoms with Gasteiger partial charge in [-0.15, -0.1) is 0 Å². The van der Waals surface area contributed by atoms with E-state index < -0.39 is 5.97 Å². The highest BCUT2D eigenvalue weighted by molar-refractivity contribution is 5.99. The van der Waals surface area contributed by atoms with Gasteiger partial charge in [0.25, 0.3) is 5.91 Å². The first-order valence-corrected chi connectivity index (χ1v) is 10.7. The van der Waals surface area contributed by atoms with Crippen LogP contribution in [0.4, 0.5) is 5.69 Å². The molecule has 1 N–H and O–H groups in total. The largest absolute Gasteiger partial charge is 0.452 e. The van der Waals surface area contributed by atoms with Gasteiger partial charge in [-0.2, -0.15) is 0 Å².